The van der Waals surface area contributed by atoms with E-state index in [-0.39, 0.29) is 11.9 Å². The molecule has 7 heteroatoms. The number of aromatic nitrogens is 3. The minimum Gasteiger partial charge on any atom is -0.418 e. The molecule has 1 aliphatic heterocycles. The first-order valence-electron chi connectivity index (χ1n) is 8.79. The number of rotatable bonds is 5. The Balaban J connectivity index is 1.46. The number of hydrogen-bond donors (Lipinski definition) is 0. The monoisotopic (exact) mass is 368 g/mol. The number of amides is 1. The van der Waals surface area contributed by atoms with Gasteiger partial charge in [-0.3, -0.25) is 4.79 Å². The highest BCUT2D eigenvalue weighted by Crippen LogP contribution is 2.34. The van der Waals surface area contributed by atoms with Gasteiger partial charge in [0, 0.05) is 13.0 Å². The van der Waals surface area contributed by atoms with Crippen LogP contribution >= 0.6 is 11.3 Å². The number of carbonyl (C=O) groups is 1. The van der Waals surface area contributed by atoms with E-state index in [4.69, 9.17) is 4.42 Å². The molecular formula is C19H20N4O2S. The fraction of sp³-hybridized carbons (Fsp3) is 0.368. The molecule has 0 bridgehead atoms. The molecule has 0 spiro atoms. The van der Waals surface area contributed by atoms with Gasteiger partial charge in [0.15, 0.2) is 0 Å². The van der Waals surface area contributed by atoms with Crippen molar-refractivity contribution in [1.29, 1.82) is 0 Å². The molecule has 1 amide bonds. The summed E-state index contributed by atoms with van der Waals surface area (Å²) in [5.41, 5.74) is 3.83. The summed E-state index contributed by atoms with van der Waals surface area (Å²) < 4.78 is 5.89. The summed E-state index contributed by atoms with van der Waals surface area (Å²) in [6.45, 7) is 2.67. The number of likely N-dealkylation sites (tertiary alicyclic amines) is 1. The van der Waals surface area contributed by atoms with E-state index in [1.54, 1.807) is 5.51 Å². The van der Waals surface area contributed by atoms with Gasteiger partial charge in [-0.25, -0.2) is 4.98 Å². The van der Waals surface area contributed by atoms with Gasteiger partial charge in [-0.15, -0.1) is 21.5 Å². The van der Waals surface area contributed by atoms with Gasteiger partial charge in [-0.1, -0.05) is 30.3 Å². The largest absolute Gasteiger partial charge is 0.418 e. The third kappa shape index (κ3) is 3.39. The molecule has 0 N–H and O–H groups in total. The van der Waals surface area contributed by atoms with E-state index in [2.05, 4.69) is 27.3 Å². The molecule has 1 aromatic carbocycles. The van der Waals surface area contributed by atoms with Crippen LogP contribution in [0.5, 0.6) is 0 Å². The Kier molecular flexibility index (Phi) is 4.79. The van der Waals surface area contributed by atoms with Crippen LogP contribution in [0.4, 0.5) is 0 Å². The lowest BCUT2D eigenvalue weighted by molar-refractivity contribution is -0.132. The molecule has 0 radical (unpaired) electrons. The molecule has 1 atom stereocenters. The molecule has 0 unspecified atom stereocenters. The Labute approximate surface area is 155 Å². The number of carbonyl (C=O) groups excluding carboxylic acids is 1. The molecule has 1 fully saturated rings. The van der Waals surface area contributed by atoms with Gasteiger partial charge in [0.25, 0.3) is 5.89 Å². The lowest BCUT2D eigenvalue weighted by Gasteiger charge is -2.22. The van der Waals surface area contributed by atoms with Crippen LogP contribution in [0.3, 0.4) is 0 Å². The lowest BCUT2D eigenvalue weighted by atomic mass is 10.1. The molecule has 6 nitrogen and oxygen atoms in total. The van der Waals surface area contributed by atoms with Crippen LogP contribution in [-0.4, -0.2) is 32.5 Å². The summed E-state index contributed by atoms with van der Waals surface area (Å²) in [6, 6.07) is 9.97. The summed E-state index contributed by atoms with van der Waals surface area (Å²) in [7, 11) is 0. The molecule has 4 rings (SSSR count). The fourth-order valence-electron chi connectivity index (χ4n) is 3.33. The Morgan fingerprint density at radius 3 is 2.92 bits per heavy atom. The topological polar surface area (TPSA) is 72.1 Å². The molecule has 2 aromatic heterocycles. The maximum atomic E-state index is 12.7. The van der Waals surface area contributed by atoms with Crippen molar-refractivity contribution in [3.8, 4) is 10.8 Å². The third-order valence-corrected chi connectivity index (χ3v) is 5.63. The molecule has 0 aliphatic carbocycles. The normalized spacial score (nSPS) is 17.0. The third-order valence-electron chi connectivity index (χ3n) is 4.71. The van der Waals surface area contributed by atoms with Crippen LogP contribution in [0.25, 0.3) is 10.8 Å². The second-order valence-corrected chi connectivity index (χ2v) is 7.30. The first-order chi connectivity index (χ1) is 12.7. The maximum Gasteiger partial charge on any atom is 0.259 e. The Bertz CT molecular complexity index is 890. The van der Waals surface area contributed by atoms with Crippen LogP contribution in [0.15, 0.2) is 40.3 Å². The molecule has 0 saturated carbocycles. The van der Waals surface area contributed by atoms with Crippen molar-refractivity contribution >= 4 is 17.2 Å². The predicted molar refractivity (Wildman–Crippen MR) is 98.6 cm³/mol. The Hall–Kier alpha value is -2.54. The van der Waals surface area contributed by atoms with Crippen LogP contribution < -0.4 is 0 Å². The predicted octanol–water partition coefficient (Wildman–Crippen LogP) is 3.80. The molecule has 1 saturated heterocycles. The van der Waals surface area contributed by atoms with Gasteiger partial charge < -0.3 is 9.32 Å². The van der Waals surface area contributed by atoms with E-state index in [1.165, 1.54) is 16.9 Å². The fourth-order valence-corrected chi connectivity index (χ4v) is 4.05. The number of hydrogen-bond acceptors (Lipinski definition) is 6. The van der Waals surface area contributed by atoms with Crippen molar-refractivity contribution < 1.29 is 9.21 Å². The zero-order valence-electron chi connectivity index (χ0n) is 14.6. The van der Waals surface area contributed by atoms with E-state index in [0.717, 1.165) is 36.4 Å². The molecular weight excluding hydrogens is 348 g/mol. The highest BCUT2D eigenvalue weighted by molar-refractivity contribution is 7.13. The zero-order chi connectivity index (χ0) is 17.9. The number of benzene rings is 1. The van der Waals surface area contributed by atoms with Crippen molar-refractivity contribution in [3.05, 3.63) is 53.0 Å². The highest BCUT2D eigenvalue weighted by Gasteiger charge is 2.33. The van der Waals surface area contributed by atoms with Gasteiger partial charge in [-0.2, -0.15) is 0 Å². The summed E-state index contributed by atoms with van der Waals surface area (Å²) in [6.07, 6.45) is 3.06. The van der Waals surface area contributed by atoms with E-state index < -0.39 is 0 Å². The van der Waals surface area contributed by atoms with Crippen molar-refractivity contribution in [2.75, 3.05) is 6.54 Å². The summed E-state index contributed by atoms with van der Waals surface area (Å²) >= 11 is 1.48. The van der Waals surface area contributed by atoms with Crippen LogP contribution in [0, 0.1) is 6.92 Å². The van der Waals surface area contributed by atoms with Gasteiger partial charge in [0.2, 0.25) is 11.8 Å². The van der Waals surface area contributed by atoms with E-state index in [1.807, 2.05) is 30.0 Å². The van der Waals surface area contributed by atoms with E-state index in [0.29, 0.717) is 18.2 Å². The first-order valence-corrected chi connectivity index (χ1v) is 9.67. The van der Waals surface area contributed by atoms with E-state index in [9.17, 15) is 4.79 Å². The molecule has 3 heterocycles. The first kappa shape index (κ1) is 16.9. The molecule has 3 aromatic rings. The summed E-state index contributed by atoms with van der Waals surface area (Å²) in [5.74, 6) is 1.16. The van der Waals surface area contributed by atoms with Crippen molar-refractivity contribution in [3.63, 3.8) is 0 Å². The second-order valence-electron chi connectivity index (χ2n) is 6.44. The van der Waals surface area contributed by atoms with E-state index >= 15 is 0 Å². The molecule has 134 valence electrons. The lowest BCUT2D eigenvalue weighted by Crippen LogP contribution is -2.30. The number of nitrogens with zero attached hydrogens (tertiary/aromatic N) is 4. The summed E-state index contributed by atoms with van der Waals surface area (Å²) in [4.78, 5) is 19.7. The quantitative estimate of drug-likeness (QED) is 0.685. The standard InChI is InChI=1S/C19H20N4O2S/c1-13-17(26-12-20-13)19-22-21-18(25-19)15-8-5-11-23(15)16(24)10-9-14-6-3-2-4-7-14/h2-4,6-7,12,15H,5,8-11H2,1H3/t15-/m1/s1. The van der Waals surface area contributed by atoms with Crippen LogP contribution in [-0.2, 0) is 11.2 Å². The SMILES string of the molecule is Cc1ncsc1-c1nnc([C@H]2CCCN2C(=O)CCc2ccccc2)o1. The Morgan fingerprint density at radius 1 is 1.31 bits per heavy atom. The van der Waals surface area contributed by atoms with Gasteiger partial charge >= 0.3 is 0 Å². The minimum absolute atomic E-state index is 0.118. The number of aryl methyl sites for hydroxylation is 2. The van der Waals surface area contributed by atoms with Gasteiger partial charge in [0.05, 0.1) is 11.2 Å². The van der Waals surface area contributed by atoms with Crippen molar-refractivity contribution in [1.82, 2.24) is 20.1 Å². The molecule has 1 aliphatic rings. The van der Waals surface area contributed by atoms with Gasteiger partial charge in [-0.05, 0) is 31.7 Å². The average Bonchev–Trinajstić information content (AvgIpc) is 3.40. The van der Waals surface area contributed by atoms with Gasteiger partial charge in [0.1, 0.15) is 10.9 Å². The van der Waals surface area contributed by atoms with Crippen LogP contribution in [0.1, 0.15) is 42.5 Å². The second kappa shape index (κ2) is 7.37. The van der Waals surface area contributed by atoms with Crippen molar-refractivity contribution in [2.45, 2.75) is 38.6 Å². The minimum atomic E-state index is -0.118. The van der Waals surface area contributed by atoms with Crippen molar-refractivity contribution in [2.24, 2.45) is 0 Å². The molecule has 26 heavy (non-hydrogen) atoms. The smallest absolute Gasteiger partial charge is 0.259 e. The zero-order valence-corrected chi connectivity index (χ0v) is 15.4. The van der Waals surface area contributed by atoms with Crippen LogP contribution in [0.2, 0.25) is 0 Å². The summed E-state index contributed by atoms with van der Waals surface area (Å²) in [5, 5.41) is 8.38. The maximum absolute atomic E-state index is 12.7. The average molecular weight is 368 g/mol. The number of thiazole rings is 1. The Morgan fingerprint density at radius 2 is 2.15 bits per heavy atom. The highest BCUT2D eigenvalue weighted by atomic mass is 32.1.